The molecule has 0 bridgehead atoms. The van der Waals surface area contributed by atoms with Crippen LogP contribution in [0.4, 0.5) is 4.39 Å². The van der Waals surface area contributed by atoms with Gasteiger partial charge in [0.1, 0.15) is 5.82 Å². The summed E-state index contributed by atoms with van der Waals surface area (Å²) in [6.45, 7) is 2.32. The van der Waals surface area contributed by atoms with Crippen LogP contribution in [0.15, 0.2) is 22.7 Å². The van der Waals surface area contributed by atoms with Crippen LogP contribution in [0.5, 0.6) is 0 Å². The average Bonchev–Trinajstić information content (AvgIpc) is 2.97. The highest BCUT2D eigenvalue weighted by Crippen LogP contribution is 2.26. The molecule has 5 nitrogen and oxygen atoms in total. The van der Waals surface area contributed by atoms with E-state index in [1.165, 1.54) is 12.1 Å². The first-order valence-corrected chi connectivity index (χ1v) is 6.15. The second kappa shape index (κ2) is 4.71. The molecule has 1 aromatic carbocycles. The lowest BCUT2D eigenvalue weighted by atomic mass is 10.1. The Morgan fingerprint density at radius 1 is 1.47 bits per heavy atom. The molecule has 1 saturated heterocycles. The maximum atomic E-state index is 13.1. The van der Waals surface area contributed by atoms with Crippen LogP contribution in [0.25, 0.3) is 11.4 Å². The van der Waals surface area contributed by atoms with Gasteiger partial charge in [-0.3, -0.25) is 0 Å². The number of aliphatic hydroxyl groups excluding tert-OH is 1. The lowest BCUT2D eigenvalue weighted by molar-refractivity contribution is 0.191. The number of aliphatic hydroxyl groups is 1. The van der Waals surface area contributed by atoms with E-state index in [0.717, 1.165) is 11.1 Å². The average molecular weight is 263 g/mol. The molecule has 1 fully saturated rings. The van der Waals surface area contributed by atoms with Gasteiger partial charge in [0.05, 0.1) is 12.1 Å². The van der Waals surface area contributed by atoms with Gasteiger partial charge >= 0.3 is 0 Å². The van der Waals surface area contributed by atoms with Gasteiger partial charge in [0.2, 0.25) is 11.7 Å². The fraction of sp³-hybridized carbons (Fsp3) is 0.385. The molecule has 2 aromatic rings. The molecule has 0 radical (unpaired) electrons. The highest BCUT2D eigenvalue weighted by atomic mass is 19.1. The van der Waals surface area contributed by atoms with Gasteiger partial charge in [-0.05, 0) is 37.1 Å². The summed E-state index contributed by atoms with van der Waals surface area (Å²) in [6, 6.07) is 4.33. The first kappa shape index (κ1) is 12.3. The molecule has 100 valence electrons. The van der Waals surface area contributed by atoms with Gasteiger partial charge in [-0.2, -0.15) is 4.98 Å². The number of aryl methyl sites for hydroxylation is 1. The number of rotatable bonds is 2. The van der Waals surface area contributed by atoms with Crippen molar-refractivity contribution in [2.45, 2.75) is 25.5 Å². The van der Waals surface area contributed by atoms with Crippen LogP contribution in [0, 0.1) is 12.7 Å². The molecule has 0 amide bonds. The molecule has 0 spiro atoms. The molecular formula is C13H14FN3O2. The number of β-amino-alcohol motifs (C(OH)–C–C–N with tert-alkyl or cyclic N) is 1. The summed E-state index contributed by atoms with van der Waals surface area (Å²) >= 11 is 0. The molecule has 1 aliphatic rings. The second-order valence-corrected chi connectivity index (χ2v) is 4.77. The predicted molar refractivity (Wildman–Crippen MR) is 65.8 cm³/mol. The number of nitrogens with one attached hydrogen (secondary N) is 1. The Morgan fingerprint density at radius 3 is 3.00 bits per heavy atom. The lowest BCUT2D eigenvalue weighted by Crippen LogP contribution is -2.15. The molecule has 2 N–H and O–H groups in total. The van der Waals surface area contributed by atoms with E-state index in [1.54, 1.807) is 13.0 Å². The van der Waals surface area contributed by atoms with Crippen molar-refractivity contribution in [3.05, 3.63) is 35.5 Å². The zero-order valence-corrected chi connectivity index (χ0v) is 10.4. The third-order valence-corrected chi connectivity index (χ3v) is 3.28. The van der Waals surface area contributed by atoms with Crippen LogP contribution < -0.4 is 5.32 Å². The molecule has 0 saturated carbocycles. The highest BCUT2D eigenvalue weighted by Gasteiger charge is 2.28. The standard InChI is InChI=1S/C13H14FN3O2/c1-7-4-8(14)2-3-10(7)12-16-13(19-17-12)11-5-9(18)6-15-11/h2-4,9,11,15,18H,5-6H2,1H3/t9?,11-/m0/s1. The second-order valence-electron chi connectivity index (χ2n) is 4.77. The molecule has 2 heterocycles. The number of hydrogen-bond donors (Lipinski definition) is 2. The largest absolute Gasteiger partial charge is 0.392 e. The minimum Gasteiger partial charge on any atom is -0.392 e. The first-order chi connectivity index (χ1) is 9.13. The molecule has 1 unspecified atom stereocenters. The lowest BCUT2D eigenvalue weighted by Gasteiger charge is -2.02. The Morgan fingerprint density at radius 2 is 2.32 bits per heavy atom. The third kappa shape index (κ3) is 2.36. The summed E-state index contributed by atoms with van der Waals surface area (Å²) in [6.07, 6.45) is 0.178. The third-order valence-electron chi connectivity index (χ3n) is 3.28. The number of aromatic nitrogens is 2. The minimum absolute atomic E-state index is 0.114. The maximum absolute atomic E-state index is 13.1. The van der Waals surface area contributed by atoms with Crippen molar-refractivity contribution >= 4 is 0 Å². The summed E-state index contributed by atoms with van der Waals surface area (Å²) in [7, 11) is 0. The van der Waals surface area contributed by atoms with Gasteiger partial charge in [-0.25, -0.2) is 4.39 Å². The van der Waals surface area contributed by atoms with E-state index in [1.807, 2.05) is 0 Å². The van der Waals surface area contributed by atoms with Gasteiger partial charge in [0, 0.05) is 12.1 Å². The smallest absolute Gasteiger partial charge is 0.244 e. The number of halogens is 1. The topological polar surface area (TPSA) is 71.2 Å². The Kier molecular flexibility index (Phi) is 3.04. The summed E-state index contributed by atoms with van der Waals surface area (Å²) in [5.74, 6) is 0.608. The van der Waals surface area contributed by atoms with E-state index < -0.39 is 0 Å². The zero-order chi connectivity index (χ0) is 13.4. The fourth-order valence-corrected chi connectivity index (χ4v) is 2.27. The van der Waals surface area contributed by atoms with Crippen molar-refractivity contribution in [2.75, 3.05) is 6.54 Å². The Hall–Kier alpha value is -1.79. The first-order valence-electron chi connectivity index (χ1n) is 6.15. The van der Waals surface area contributed by atoms with Crippen LogP contribution in [-0.2, 0) is 0 Å². The summed E-state index contributed by atoms with van der Waals surface area (Å²) < 4.78 is 18.3. The number of nitrogens with zero attached hydrogens (tertiary/aromatic N) is 2. The van der Waals surface area contributed by atoms with Crippen molar-refractivity contribution in [3.63, 3.8) is 0 Å². The van der Waals surface area contributed by atoms with E-state index in [9.17, 15) is 9.50 Å². The van der Waals surface area contributed by atoms with Gasteiger partial charge in [-0.15, -0.1) is 0 Å². The van der Waals surface area contributed by atoms with Crippen molar-refractivity contribution < 1.29 is 14.0 Å². The highest BCUT2D eigenvalue weighted by molar-refractivity contribution is 5.59. The molecule has 6 heteroatoms. The van der Waals surface area contributed by atoms with Gasteiger partial charge < -0.3 is 14.9 Å². The van der Waals surface area contributed by atoms with Crippen LogP contribution >= 0.6 is 0 Å². The summed E-state index contributed by atoms with van der Waals surface area (Å²) in [4.78, 5) is 4.31. The van der Waals surface area contributed by atoms with Crippen molar-refractivity contribution in [3.8, 4) is 11.4 Å². The van der Waals surface area contributed by atoms with E-state index in [-0.39, 0.29) is 18.0 Å². The van der Waals surface area contributed by atoms with Crippen molar-refractivity contribution in [1.82, 2.24) is 15.5 Å². The van der Waals surface area contributed by atoms with Crippen molar-refractivity contribution in [1.29, 1.82) is 0 Å². The van der Waals surface area contributed by atoms with Crippen LogP contribution in [-0.4, -0.2) is 27.9 Å². The fourth-order valence-electron chi connectivity index (χ4n) is 2.27. The van der Waals surface area contributed by atoms with E-state index in [4.69, 9.17) is 4.52 Å². The number of hydrogen-bond acceptors (Lipinski definition) is 5. The van der Waals surface area contributed by atoms with Crippen molar-refractivity contribution in [2.24, 2.45) is 0 Å². The van der Waals surface area contributed by atoms with Crippen LogP contribution in [0.3, 0.4) is 0 Å². The zero-order valence-electron chi connectivity index (χ0n) is 10.4. The molecule has 1 aliphatic heterocycles. The molecule has 0 aliphatic carbocycles. The quantitative estimate of drug-likeness (QED) is 0.860. The monoisotopic (exact) mass is 263 g/mol. The van der Waals surface area contributed by atoms with E-state index >= 15 is 0 Å². The SMILES string of the molecule is Cc1cc(F)ccc1-c1noc([C@@H]2CC(O)CN2)n1. The Labute approximate surface area is 109 Å². The van der Waals surface area contributed by atoms with Gasteiger partial charge in [0.25, 0.3) is 0 Å². The molecule has 1 aromatic heterocycles. The van der Waals surface area contributed by atoms with Crippen LogP contribution in [0.1, 0.15) is 23.9 Å². The Bertz CT molecular complexity index is 599. The van der Waals surface area contributed by atoms with Gasteiger partial charge in [0.15, 0.2) is 0 Å². The molecule has 3 rings (SSSR count). The maximum Gasteiger partial charge on any atom is 0.244 e. The van der Waals surface area contributed by atoms with Gasteiger partial charge in [-0.1, -0.05) is 5.16 Å². The summed E-state index contributed by atoms with van der Waals surface area (Å²) in [5.41, 5.74) is 1.50. The van der Waals surface area contributed by atoms with E-state index in [0.29, 0.717) is 24.7 Å². The summed E-state index contributed by atoms with van der Waals surface area (Å²) in [5, 5.41) is 16.5. The minimum atomic E-state index is -0.382. The predicted octanol–water partition coefficient (Wildman–Crippen LogP) is 1.58. The van der Waals surface area contributed by atoms with E-state index in [2.05, 4.69) is 15.5 Å². The molecule has 19 heavy (non-hydrogen) atoms. The molecule has 2 atom stereocenters. The molecular weight excluding hydrogens is 249 g/mol. The normalized spacial score (nSPS) is 22.9. The van der Waals surface area contributed by atoms with Crippen LogP contribution in [0.2, 0.25) is 0 Å². The number of benzene rings is 1. The Balaban J connectivity index is 1.88.